The molecule has 0 atom stereocenters. The summed E-state index contributed by atoms with van der Waals surface area (Å²) in [6, 6.07) is 0. The molecule has 0 saturated heterocycles. The minimum absolute atomic E-state index is 0.176. The van der Waals surface area contributed by atoms with Crippen molar-refractivity contribution in [3.8, 4) is 0 Å². The zero-order valence-electron chi connectivity index (χ0n) is 15.4. The topological polar surface area (TPSA) is 112 Å². The van der Waals surface area contributed by atoms with Crippen LogP contribution in [0.15, 0.2) is 36.5 Å². The van der Waals surface area contributed by atoms with E-state index in [-0.39, 0.29) is 16.7 Å². The largest absolute Gasteiger partial charge is 0.478 e. The third-order valence-corrected chi connectivity index (χ3v) is 3.44. The normalized spacial score (nSPS) is 19.5. The fourth-order valence-corrected chi connectivity index (χ4v) is 0.911. The number of rotatable bonds is 3. The van der Waals surface area contributed by atoms with Crippen LogP contribution in [0, 0.1) is 17.8 Å². The van der Waals surface area contributed by atoms with E-state index in [2.05, 4.69) is 40.5 Å². The Morgan fingerprint density at radius 3 is 0.667 bits per heavy atom. The van der Waals surface area contributed by atoms with E-state index in [9.17, 15) is 14.4 Å². The molecular weight excluding hydrogens is 312 g/mol. The van der Waals surface area contributed by atoms with E-state index in [1.807, 2.05) is 0 Å². The third kappa shape index (κ3) is 17.7. The van der Waals surface area contributed by atoms with Gasteiger partial charge in [0.25, 0.3) is 0 Å². The lowest BCUT2D eigenvalue weighted by Crippen LogP contribution is -1.92. The SMILES string of the molecule is C=C(C)C(=O)O.C=C(C)C(=O)O.C=C(C)C(=O)O.CC1C(C)C1C. The zero-order chi connectivity index (χ0) is 20.2. The molecule has 0 spiro atoms. The second-order valence-electron chi connectivity index (χ2n) is 5.83. The summed E-state index contributed by atoms with van der Waals surface area (Å²) >= 11 is 0. The van der Waals surface area contributed by atoms with Crippen LogP contribution in [0.2, 0.25) is 0 Å². The van der Waals surface area contributed by atoms with Crippen LogP contribution in [0.25, 0.3) is 0 Å². The van der Waals surface area contributed by atoms with Crippen LogP contribution in [0.1, 0.15) is 41.5 Å². The van der Waals surface area contributed by atoms with Crippen molar-refractivity contribution in [2.75, 3.05) is 0 Å². The minimum atomic E-state index is -0.935. The highest BCUT2D eigenvalue weighted by Crippen LogP contribution is 2.44. The first-order valence-corrected chi connectivity index (χ1v) is 7.33. The molecule has 1 rings (SSSR count). The molecule has 1 aliphatic carbocycles. The first-order valence-electron chi connectivity index (χ1n) is 7.33. The van der Waals surface area contributed by atoms with Crippen LogP contribution in [0.4, 0.5) is 0 Å². The van der Waals surface area contributed by atoms with Crippen molar-refractivity contribution in [2.24, 2.45) is 17.8 Å². The number of aliphatic carboxylic acids is 3. The minimum Gasteiger partial charge on any atom is -0.478 e. The molecule has 1 saturated carbocycles. The summed E-state index contributed by atoms with van der Waals surface area (Å²) in [7, 11) is 0. The molecule has 0 amide bonds. The first kappa shape index (κ1) is 26.5. The lowest BCUT2D eigenvalue weighted by atomic mass is 10.4. The Morgan fingerprint density at radius 2 is 0.667 bits per heavy atom. The predicted molar refractivity (Wildman–Crippen MR) is 94.8 cm³/mol. The molecule has 1 fully saturated rings. The predicted octanol–water partition coefficient (Wildman–Crippen LogP) is 3.85. The van der Waals surface area contributed by atoms with Gasteiger partial charge in [-0.15, -0.1) is 0 Å². The van der Waals surface area contributed by atoms with Crippen LogP contribution in [0.5, 0.6) is 0 Å². The average molecular weight is 342 g/mol. The van der Waals surface area contributed by atoms with E-state index < -0.39 is 17.9 Å². The van der Waals surface area contributed by atoms with Crippen molar-refractivity contribution in [1.29, 1.82) is 0 Å². The van der Waals surface area contributed by atoms with Crippen molar-refractivity contribution < 1.29 is 29.7 Å². The van der Waals surface area contributed by atoms with Gasteiger partial charge >= 0.3 is 17.9 Å². The maximum atomic E-state index is 9.60. The van der Waals surface area contributed by atoms with Crippen LogP contribution in [-0.4, -0.2) is 33.2 Å². The molecule has 0 aliphatic heterocycles. The number of carbonyl (C=O) groups is 3. The van der Waals surface area contributed by atoms with Gasteiger partial charge in [0.2, 0.25) is 0 Å². The van der Waals surface area contributed by atoms with Crippen molar-refractivity contribution in [3.05, 3.63) is 36.5 Å². The van der Waals surface area contributed by atoms with Crippen LogP contribution in [-0.2, 0) is 14.4 Å². The Kier molecular flexibility index (Phi) is 14.5. The van der Waals surface area contributed by atoms with Crippen LogP contribution in [0.3, 0.4) is 0 Å². The average Bonchev–Trinajstić information content (AvgIpc) is 2.96. The molecule has 0 radical (unpaired) electrons. The van der Waals surface area contributed by atoms with Gasteiger partial charge in [-0.25, -0.2) is 14.4 Å². The molecule has 1 aliphatic rings. The van der Waals surface area contributed by atoms with Gasteiger partial charge in [0.05, 0.1) is 0 Å². The van der Waals surface area contributed by atoms with E-state index in [0.29, 0.717) is 0 Å². The summed E-state index contributed by atoms with van der Waals surface area (Å²) in [5, 5.41) is 23.7. The molecule has 0 aromatic carbocycles. The molecule has 0 heterocycles. The van der Waals surface area contributed by atoms with Gasteiger partial charge in [-0.1, -0.05) is 40.5 Å². The highest BCUT2D eigenvalue weighted by atomic mass is 16.4. The molecular formula is C18H30O6. The molecule has 6 heteroatoms. The standard InChI is InChI=1S/C6H12.3C4H6O2/c1-4-5(2)6(4)3;3*1-3(2)4(5)6/h4-6H,1-3H3;3*1H2,2H3,(H,5,6). The summed E-state index contributed by atoms with van der Waals surface area (Å²) in [6.45, 7) is 20.8. The van der Waals surface area contributed by atoms with Crippen LogP contribution >= 0.6 is 0 Å². The van der Waals surface area contributed by atoms with Gasteiger partial charge in [0.1, 0.15) is 0 Å². The molecule has 0 bridgehead atoms. The molecule has 24 heavy (non-hydrogen) atoms. The van der Waals surface area contributed by atoms with Crippen molar-refractivity contribution in [3.63, 3.8) is 0 Å². The van der Waals surface area contributed by atoms with E-state index in [0.717, 1.165) is 17.8 Å². The fourth-order valence-electron chi connectivity index (χ4n) is 0.911. The Hall–Kier alpha value is -2.37. The Morgan fingerprint density at radius 1 is 0.583 bits per heavy atom. The van der Waals surface area contributed by atoms with Gasteiger partial charge in [-0.3, -0.25) is 0 Å². The highest BCUT2D eigenvalue weighted by Gasteiger charge is 2.37. The summed E-state index contributed by atoms with van der Waals surface area (Å²) < 4.78 is 0. The van der Waals surface area contributed by atoms with E-state index in [4.69, 9.17) is 15.3 Å². The number of carboxylic acids is 3. The first-order chi connectivity index (χ1) is 10.7. The smallest absolute Gasteiger partial charge is 0.330 e. The summed E-state index contributed by atoms with van der Waals surface area (Å²) in [4.78, 5) is 28.8. The van der Waals surface area contributed by atoms with Gasteiger partial charge in [-0.05, 0) is 38.5 Å². The second-order valence-corrected chi connectivity index (χ2v) is 5.83. The van der Waals surface area contributed by atoms with Crippen LogP contribution < -0.4 is 0 Å². The summed E-state index contributed by atoms with van der Waals surface area (Å²) in [5.41, 5.74) is 0.528. The lowest BCUT2D eigenvalue weighted by Gasteiger charge is -1.79. The van der Waals surface area contributed by atoms with E-state index >= 15 is 0 Å². The Bertz CT molecular complexity index is 376. The van der Waals surface area contributed by atoms with Gasteiger partial charge in [0.15, 0.2) is 0 Å². The number of hydrogen-bond donors (Lipinski definition) is 3. The molecule has 3 N–H and O–H groups in total. The van der Waals surface area contributed by atoms with Crippen molar-refractivity contribution in [1.82, 2.24) is 0 Å². The summed E-state index contributed by atoms with van der Waals surface area (Å²) in [5.74, 6) is 0.250. The Balaban J connectivity index is -0.000000245. The fraction of sp³-hybridized carbons (Fsp3) is 0.500. The molecule has 6 nitrogen and oxygen atoms in total. The monoisotopic (exact) mass is 342 g/mol. The lowest BCUT2D eigenvalue weighted by molar-refractivity contribution is -0.133. The Labute approximate surface area is 144 Å². The molecule has 0 unspecified atom stereocenters. The third-order valence-electron chi connectivity index (χ3n) is 3.44. The molecule has 138 valence electrons. The number of hydrogen-bond acceptors (Lipinski definition) is 3. The van der Waals surface area contributed by atoms with E-state index in [1.165, 1.54) is 20.8 Å². The molecule has 0 aromatic rings. The maximum Gasteiger partial charge on any atom is 0.330 e. The highest BCUT2D eigenvalue weighted by molar-refractivity contribution is 5.85. The van der Waals surface area contributed by atoms with Gasteiger partial charge in [-0.2, -0.15) is 0 Å². The number of carboxylic acid groups (broad SMARTS) is 3. The van der Waals surface area contributed by atoms with Gasteiger partial charge < -0.3 is 15.3 Å². The summed E-state index contributed by atoms with van der Waals surface area (Å²) in [6.07, 6.45) is 0. The van der Waals surface area contributed by atoms with Crippen molar-refractivity contribution in [2.45, 2.75) is 41.5 Å². The quantitative estimate of drug-likeness (QED) is 0.672. The van der Waals surface area contributed by atoms with Crippen molar-refractivity contribution >= 4 is 17.9 Å². The molecule has 0 aromatic heterocycles. The van der Waals surface area contributed by atoms with E-state index in [1.54, 1.807) is 0 Å². The van der Waals surface area contributed by atoms with Gasteiger partial charge in [0, 0.05) is 16.7 Å². The second kappa shape index (κ2) is 13.1. The zero-order valence-corrected chi connectivity index (χ0v) is 15.4. The maximum absolute atomic E-state index is 9.60.